The van der Waals surface area contributed by atoms with Crippen LogP contribution < -0.4 is 0 Å². The quantitative estimate of drug-likeness (QED) is 0.560. The van der Waals surface area contributed by atoms with Crippen molar-refractivity contribution in [2.24, 2.45) is 5.92 Å². The van der Waals surface area contributed by atoms with Crippen molar-refractivity contribution in [1.29, 1.82) is 0 Å². The van der Waals surface area contributed by atoms with Crippen LogP contribution in [0.15, 0.2) is 36.5 Å². The fourth-order valence-electron chi connectivity index (χ4n) is 1.72. The van der Waals surface area contributed by atoms with Crippen molar-refractivity contribution in [3.63, 3.8) is 0 Å². The number of allylic oxidation sites excluding steroid dienone is 5. The average Bonchev–Trinajstić information content (AvgIpc) is 2.16. The Hall–Kier alpha value is -0.780. The Kier molecular flexibility index (Phi) is 4.59. The lowest BCUT2D eigenvalue weighted by Crippen LogP contribution is -1.99. The predicted molar refractivity (Wildman–Crippen MR) is 59.7 cm³/mol. The van der Waals surface area contributed by atoms with E-state index in [1.54, 1.807) is 0 Å². The fraction of sp³-hybridized carbons (Fsp3) is 0.538. The molecule has 13 heavy (non-hydrogen) atoms. The van der Waals surface area contributed by atoms with Gasteiger partial charge in [-0.2, -0.15) is 0 Å². The van der Waals surface area contributed by atoms with E-state index in [4.69, 9.17) is 0 Å². The highest BCUT2D eigenvalue weighted by Gasteiger charge is 2.05. The largest absolute Gasteiger partial charge is 0.0958 e. The first-order valence-corrected chi connectivity index (χ1v) is 5.34. The molecule has 0 bridgehead atoms. The van der Waals surface area contributed by atoms with E-state index < -0.39 is 0 Å². The molecule has 72 valence electrons. The molecule has 1 atom stereocenters. The van der Waals surface area contributed by atoms with E-state index in [2.05, 4.69) is 37.8 Å². The summed E-state index contributed by atoms with van der Waals surface area (Å²) in [6.07, 6.45) is 15.0. The van der Waals surface area contributed by atoms with Crippen LogP contribution in [-0.2, 0) is 0 Å². The van der Waals surface area contributed by atoms with Gasteiger partial charge in [0.1, 0.15) is 0 Å². The summed E-state index contributed by atoms with van der Waals surface area (Å²) in [5, 5.41) is 0. The number of hydrogen-bond donors (Lipinski definition) is 0. The zero-order valence-corrected chi connectivity index (χ0v) is 8.63. The molecule has 0 nitrogen and oxygen atoms in total. The summed E-state index contributed by atoms with van der Waals surface area (Å²) in [5.74, 6) is 0.896. The fourth-order valence-corrected chi connectivity index (χ4v) is 1.72. The van der Waals surface area contributed by atoms with Gasteiger partial charge in [0.2, 0.25) is 0 Å². The molecule has 0 aliphatic heterocycles. The van der Waals surface area contributed by atoms with Crippen molar-refractivity contribution < 1.29 is 0 Å². The topological polar surface area (TPSA) is 0 Å². The van der Waals surface area contributed by atoms with E-state index in [0.29, 0.717) is 0 Å². The Labute approximate surface area is 82.0 Å². The molecule has 0 N–H and O–H groups in total. The standard InChI is InChI=1S/C13H20/c1-3-13-9-7-5-4-6-8-12(2)10-11-13/h4-6,8,13H,2-3,7,9-11H2,1H3. The molecule has 0 amide bonds. The third-order valence-electron chi connectivity index (χ3n) is 2.77. The Morgan fingerprint density at radius 3 is 3.00 bits per heavy atom. The van der Waals surface area contributed by atoms with Crippen LogP contribution in [0.2, 0.25) is 0 Å². The van der Waals surface area contributed by atoms with Gasteiger partial charge in [-0.1, -0.05) is 49.8 Å². The van der Waals surface area contributed by atoms with Crippen LogP contribution in [0.4, 0.5) is 0 Å². The maximum absolute atomic E-state index is 4.04. The third kappa shape index (κ3) is 4.12. The second kappa shape index (κ2) is 5.80. The van der Waals surface area contributed by atoms with Crippen molar-refractivity contribution >= 4 is 0 Å². The van der Waals surface area contributed by atoms with Crippen LogP contribution in [-0.4, -0.2) is 0 Å². The van der Waals surface area contributed by atoms with E-state index in [9.17, 15) is 0 Å². The summed E-state index contributed by atoms with van der Waals surface area (Å²) >= 11 is 0. The first-order chi connectivity index (χ1) is 6.33. The summed E-state index contributed by atoms with van der Waals surface area (Å²) in [6, 6.07) is 0. The minimum absolute atomic E-state index is 0.896. The van der Waals surface area contributed by atoms with E-state index in [1.807, 2.05) is 0 Å². The second-order valence-electron chi connectivity index (χ2n) is 3.84. The summed E-state index contributed by atoms with van der Waals surface area (Å²) < 4.78 is 0. The molecule has 0 aromatic heterocycles. The summed E-state index contributed by atoms with van der Waals surface area (Å²) in [7, 11) is 0. The molecular weight excluding hydrogens is 156 g/mol. The molecule has 1 rings (SSSR count). The van der Waals surface area contributed by atoms with Crippen molar-refractivity contribution in [3.8, 4) is 0 Å². The van der Waals surface area contributed by atoms with Gasteiger partial charge in [0, 0.05) is 0 Å². The summed E-state index contributed by atoms with van der Waals surface area (Å²) in [6.45, 7) is 6.33. The van der Waals surface area contributed by atoms with Crippen molar-refractivity contribution in [2.45, 2.75) is 39.0 Å². The van der Waals surface area contributed by atoms with Gasteiger partial charge in [0.15, 0.2) is 0 Å². The SMILES string of the molecule is C=C1C=CC=CCCC(CC)CC1. The molecule has 0 aromatic rings. The monoisotopic (exact) mass is 176 g/mol. The lowest BCUT2D eigenvalue weighted by molar-refractivity contribution is 0.441. The van der Waals surface area contributed by atoms with Gasteiger partial charge in [-0.05, 0) is 31.6 Å². The van der Waals surface area contributed by atoms with E-state index >= 15 is 0 Å². The lowest BCUT2D eigenvalue weighted by atomic mass is 9.92. The summed E-state index contributed by atoms with van der Waals surface area (Å²) in [4.78, 5) is 0. The van der Waals surface area contributed by atoms with Gasteiger partial charge < -0.3 is 0 Å². The molecule has 0 fully saturated rings. The highest BCUT2D eigenvalue weighted by Crippen LogP contribution is 2.21. The molecule has 0 heteroatoms. The molecule has 0 aromatic carbocycles. The summed E-state index contributed by atoms with van der Waals surface area (Å²) in [5.41, 5.74) is 1.27. The second-order valence-corrected chi connectivity index (χ2v) is 3.84. The maximum atomic E-state index is 4.04. The van der Waals surface area contributed by atoms with Gasteiger partial charge in [-0.25, -0.2) is 0 Å². The van der Waals surface area contributed by atoms with Crippen LogP contribution in [0.1, 0.15) is 39.0 Å². The molecule has 0 spiro atoms. The van der Waals surface area contributed by atoms with Crippen molar-refractivity contribution in [1.82, 2.24) is 0 Å². The van der Waals surface area contributed by atoms with Crippen molar-refractivity contribution in [3.05, 3.63) is 36.5 Å². The third-order valence-corrected chi connectivity index (χ3v) is 2.77. The first kappa shape index (κ1) is 10.3. The van der Waals surface area contributed by atoms with E-state index in [0.717, 1.165) is 5.92 Å². The van der Waals surface area contributed by atoms with Crippen LogP contribution in [0.3, 0.4) is 0 Å². The highest BCUT2D eigenvalue weighted by molar-refractivity contribution is 5.19. The maximum Gasteiger partial charge on any atom is -0.0282 e. The van der Waals surface area contributed by atoms with Gasteiger partial charge in [0.05, 0.1) is 0 Å². The molecule has 1 aliphatic rings. The number of rotatable bonds is 1. The number of hydrogen-bond acceptors (Lipinski definition) is 0. The first-order valence-electron chi connectivity index (χ1n) is 5.34. The Bertz CT molecular complexity index is 208. The van der Waals surface area contributed by atoms with Crippen LogP contribution in [0, 0.1) is 5.92 Å². The molecule has 0 saturated carbocycles. The molecule has 0 radical (unpaired) electrons. The van der Waals surface area contributed by atoms with Gasteiger partial charge in [-0.15, -0.1) is 0 Å². The van der Waals surface area contributed by atoms with E-state index in [-0.39, 0.29) is 0 Å². The van der Waals surface area contributed by atoms with E-state index in [1.165, 1.54) is 37.7 Å². The highest BCUT2D eigenvalue weighted by atomic mass is 14.1. The lowest BCUT2D eigenvalue weighted by Gasteiger charge is -2.14. The smallest absolute Gasteiger partial charge is 0.0282 e. The van der Waals surface area contributed by atoms with Crippen molar-refractivity contribution in [2.75, 3.05) is 0 Å². The Morgan fingerprint density at radius 2 is 2.23 bits per heavy atom. The van der Waals surface area contributed by atoms with Gasteiger partial charge in [-0.3, -0.25) is 0 Å². The molecule has 1 aliphatic carbocycles. The zero-order valence-electron chi connectivity index (χ0n) is 8.63. The predicted octanol–water partition coefficient (Wildman–Crippen LogP) is 4.26. The van der Waals surface area contributed by atoms with Gasteiger partial charge >= 0.3 is 0 Å². The Balaban J connectivity index is 2.51. The molecule has 0 heterocycles. The minimum atomic E-state index is 0.896. The normalized spacial score (nSPS) is 24.7. The van der Waals surface area contributed by atoms with Gasteiger partial charge in [0.25, 0.3) is 0 Å². The van der Waals surface area contributed by atoms with Crippen LogP contribution >= 0.6 is 0 Å². The molecule has 1 unspecified atom stereocenters. The molecule has 0 saturated heterocycles. The zero-order chi connectivity index (χ0) is 9.52. The minimum Gasteiger partial charge on any atom is -0.0958 e. The average molecular weight is 176 g/mol. The van der Waals surface area contributed by atoms with Crippen LogP contribution in [0.25, 0.3) is 0 Å². The van der Waals surface area contributed by atoms with Crippen LogP contribution in [0.5, 0.6) is 0 Å². The molecular formula is C13H20. The Morgan fingerprint density at radius 1 is 1.38 bits per heavy atom.